The smallest absolute Gasteiger partial charge is 0.255 e. The Labute approximate surface area is 104 Å². The topological polar surface area (TPSA) is 40.5 Å². The molecule has 0 fully saturated rings. The van der Waals surface area contributed by atoms with Gasteiger partial charge >= 0.3 is 0 Å². The predicted molar refractivity (Wildman–Crippen MR) is 70.5 cm³/mol. The van der Waals surface area contributed by atoms with Crippen molar-refractivity contribution < 1.29 is 9.90 Å². The third kappa shape index (κ3) is 2.48. The first-order valence-electron chi connectivity index (χ1n) is 5.56. The van der Waals surface area contributed by atoms with Gasteiger partial charge in [-0.05, 0) is 12.5 Å². The van der Waals surface area contributed by atoms with Crippen LogP contribution in [0.25, 0.3) is 10.1 Å². The molecule has 2 rings (SSSR count). The molecule has 4 heteroatoms. The highest BCUT2D eigenvalue weighted by molar-refractivity contribution is 7.17. The summed E-state index contributed by atoms with van der Waals surface area (Å²) in [6, 6.07) is 7.91. The second-order valence-corrected chi connectivity index (χ2v) is 4.86. The predicted octanol–water partition coefficient (Wildman–Crippen LogP) is 2.36. The Morgan fingerprint density at radius 1 is 1.41 bits per heavy atom. The van der Waals surface area contributed by atoms with E-state index in [4.69, 9.17) is 5.11 Å². The highest BCUT2D eigenvalue weighted by atomic mass is 32.1. The molecule has 1 aromatic heterocycles. The molecule has 0 radical (unpaired) electrons. The van der Waals surface area contributed by atoms with Crippen LogP contribution in [0.2, 0.25) is 0 Å². The molecule has 3 nitrogen and oxygen atoms in total. The molecule has 1 N–H and O–H groups in total. The Morgan fingerprint density at radius 3 is 2.94 bits per heavy atom. The molecule has 0 aliphatic heterocycles. The Hall–Kier alpha value is -1.39. The zero-order valence-electron chi connectivity index (χ0n) is 9.72. The van der Waals surface area contributed by atoms with Gasteiger partial charge in [0.1, 0.15) is 0 Å². The number of fused-ring (bicyclic) bond motifs is 1. The largest absolute Gasteiger partial charge is 0.396 e. The second-order valence-electron chi connectivity index (χ2n) is 3.95. The summed E-state index contributed by atoms with van der Waals surface area (Å²) in [4.78, 5) is 13.8. The molecule has 0 atom stereocenters. The molecule has 17 heavy (non-hydrogen) atoms. The molecule has 1 heterocycles. The van der Waals surface area contributed by atoms with Gasteiger partial charge in [-0.15, -0.1) is 11.3 Å². The Kier molecular flexibility index (Phi) is 3.76. The Bertz CT molecular complexity index is 521. The first-order valence-corrected chi connectivity index (χ1v) is 6.44. The molecule has 2 aromatic rings. The molecule has 0 unspecified atom stereocenters. The van der Waals surface area contributed by atoms with Crippen molar-refractivity contribution in [3.8, 4) is 0 Å². The number of hydrogen-bond donors (Lipinski definition) is 1. The zero-order chi connectivity index (χ0) is 12.3. The third-order valence-corrected chi connectivity index (χ3v) is 3.67. The van der Waals surface area contributed by atoms with Crippen molar-refractivity contribution in [3.63, 3.8) is 0 Å². The SMILES string of the molecule is CN(CCCO)C(=O)c1csc2ccccc12. The van der Waals surface area contributed by atoms with Crippen LogP contribution in [-0.4, -0.2) is 36.1 Å². The fourth-order valence-electron chi connectivity index (χ4n) is 1.76. The third-order valence-electron chi connectivity index (χ3n) is 2.71. The first kappa shape index (κ1) is 12.1. The molecule has 90 valence electrons. The van der Waals surface area contributed by atoms with Crippen molar-refractivity contribution in [2.75, 3.05) is 20.2 Å². The summed E-state index contributed by atoms with van der Waals surface area (Å²) in [5, 5.41) is 11.7. The van der Waals surface area contributed by atoms with Gasteiger partial charge in [0.15, 0.2) is 0 Å². The lowest BCUT2D eigenvalue weighted by molar-refractivity contribution is 0.0788. The van der Waals surface area contributed by atoms with Crippen molar-refractivity contribution in [2.24, 2.45) is 0 Å². The van der Waals surface area contributed by atoms with E-state index >= 15 is 0 Å². The molecule has 0 spiro atoms. The molecule has 0 saturated heterocycles. The van der Waals surface area contributed by atoms with Gasteiger partial charge < -0.3 is 10.0 Å². The lowest BCUT2D eigenvalue weighted by Crippen LogP contribution is -2.28. The van der Waals surface area contributed by atoms with Crippen LogP contribution in [0, 0.1) is 0 Å². The van der Waals surface area contributed by atoms with Gasteiger partial charge in [-0.25, -0.2) is 0 Å². The van der Waals surface area contributed by atoms with Gasteiger partial charge in [-0.3, -0.25) is 4.79 Å². The van der Waals surface area contributed by atoms with Crippen molar-refractivity contribution in [1.29, 1.82) is 0 Å². The summed E-state index contributed by atoms with van der Waals surface area (Å²) < 4.78 is 1.13. The minimum Gasteiger partial charge on any atom is -0.396 e. The molecule has 1 amide bonds. The monoisotopic (exact) mass is 249 g/mol. The number of carbonyl (C=O) groups excluding carboxylic acids is 1. The van der Waals surface area contributed by atoms with Crippen LogP contribution in [0.1, 0.15) is 16.8 Å². The van der Waals surface area contributed by atoms with Crippen LogP contribution in [0.5, 0.6) is 0 Å². The van der Waals surface area contributed by atoms with Gasteiger partial charge in [0.25, 0.3) is 5.91 Å². The Morgan fingerprint density at radius 2 is 2.18 bits per heavy atom. The number of rotatable bonds is 4. The van der Waals surface area contributed by atoms with Gasteiger partial charge in [-0.1, -0.05) is 18.2 Å². The summed E-state index contributed by atoms with van der Waals surface area (Å²) in [5.41, 5.74) is 0.756. The minimum absolute atomic E-state index is 0.0240. The van der Waals surface area contributed by atoms with Gasteiger partial charge in [0, 0.05) is 35.7 Å². The highest BCUT2D eigenvalue weighted by Crippen LogP contribution is 2.26. The lowest BCUT2D eigenvalue weighted by atomic mass is 10.1. The fraction of sp³-hybridized carbons (Fsp3) is 0.308. The van der Waals surface area contributed by atoms with Crippen molar-refractivity contribution >= 4 is 27.3 Å². The summed E-state index contributed by atoms with van der Waals surface area (Å²) in [7, 11) is 1.77. The normalized spacial score (nSPS) is 10.7. The summed E-state index contributed by atoms with van der Waals surface area (Å²) in [6.45, 7) is 0.696. The van der Waals surface area contributed by atoms with E-state index < -0.39 is 0 Å². The number of amides is 1. The van der Waals surface area contributed by atoms with Crippen LogP contribution < -0.4 is 0 Å². The number of benzene rings is 1. The van der Waals surface area contributed by atoms with E-state index in [9.17, 15) is 4.79 Å². The quantitative estimate of drug-likeness (QED) is 0.903. The van der Waals surface area contributed by atoms with Crippen LogP contribution in [0.15, 0.2) is 29.6 Å². The molecule has 1 aromatic carbocycles. The summed E-state index contributed by atoms with van der Waals surface area (Å²) in [6.07, 6.45) is 0.615. The molecule has 0 bridgehead atoms. The average molecular weight is 249 g/mol. The van der Waals surface area contributed by atoms with Crippen LogP contribution in [0.3, 0.4) is 0 Å². The molecule has 0 aliphatic rings. The number of nitrogens with zero attached hydrogens (tertiary/aromatic N) is 1. The molecular weight excluding hydrogens is 234 g/mol. The van der Waals surface area contributed by atoms with E-state index in [2.05, 4.69) is 0 Å². The van der Waals surface area contributed by atoms with Crippen LogP contribution in [-0.2, 0) is 0 Å². The van der Waals surface area contributed by atoms with E-state index in [0.29, 0.717) is 13.0 Å². The number of carbonyl (C=O) groups is 1. The lowest BCUT2D eigenvalue weighted by Gasteiger charge is -2.15. The maximum Gasteiger partial charge on any atom is 0.255 e. The van der Waals surface area contributed by atoms with E-state index in [1.807, 2.05) is 29.6 Å². The average Bonchev–Trinajstić information content (AvgIpc) is 2.78. The van der Waals surface area contributed by atoms with Crippen LogP contribution in [0.4, 0.5) is 0 Å². The van der Waals surface area contributed by atoms with Crippen molar-refractivity contribution in [3.05, 3.63) is 35.2 Å². The summed E-state index contributed by atoms with van der Waals surface area (Å²) >= 11 is 1.59. The van der Waals surface area contributed by atoms with Gasteiger partial charge in [0.2, 0.25) is 0 Å². The van der Waals surface area contributed by atoms with E-state index in [-0.39, 0.29) is 12.5 Å². The Balaban J connectivity index is 2.24. The number of aliphatic hydroxyl groups is 1. The maximum atomic E-state index is 12.2. The second kappa shape index (κ2) is 5.29. The fourth-order valence-corrected chi connectivity index (χ4v) is 2.69. The number of aliphatic hydroxyl groups excluding tert-OH is 1. The maximum absolute atomic E-state index is 12.2. The summed E-state index contributed by atoms with van der Waals surface area (Å²) in [5.74, 6) is 0.0240. The number of hydrogen-bond acceptors (Lipinski definition) is 3. The molecule has 0 aliphatic carbocycles. The van der Waals surface area contributed by atoms with Crippen molar-refractivity contribution in [2.45, 2.75) is 6.42 Å². The zero-order valence-corrected chi connectivity index (χ0v) is 10.5. The highest BCUT2D eigenvalue weighted by Gasteiger charge is 2.15. The van der Waals surface area contributed by atoms with Gasteiger partial charge in [-0.2, -0.15) is 0 Å². The molecule has 0 saturated carbocycles. The van der Waals surface area contributed by atoms with Crippen molar-refractivity contribution in [1.82, 2.24) is 4.90 Å². The van der Waals surface area contributed by atoms with E-state index in [1.165, 1.54) is 0 Å². The van der Waals surface area contributed by atoms with Gasteiger partial charge in [0.05, 0.1) is 5.56 Å². The number of thiophene rings is 1. The van der Waals surface area contributed by atoms with Crippen LogP contribution >= 0.6 is 11.3 Å². The first-order chi connectivity index (χ1) is 8.24. The molecular formula is C13H15NO2S. The van der Waals surface area contributed by atoms with E-state index in [1.54, 1.807) is 23.3 Å². The standard InChI is InChI=1S/C13H15NO2S/c1-14(7-4-8-15)13(16)11-9-17-12-6-3-2-5-10(11)12/h2-3,5-6,9,15H,4,7-8H2,1H3. The minimum atomic E-state index is 0.0240. The van der Waals surface area contributed by atoms with E-state index in [0.717, 1.165) is 15.6 Å².